The van der Waals surface area contributed by atoms with E-state index in [1.54, 1.807) is 7.11 Å². The Balaban J connectivity index is 1.84. The van der Waals surface area contributed by atoms with Gasteiger partial charge < -0.3 is 10.1 Å². The minimum Gasteiger partial charge on any atom is -0.497 e. The number of fused-ring (bicyclic) bond motifs is 1. The van der Waals surface area contributed by atoms with Crippen molar-refractivity contribution in [1.82, 2.24) is 10.2 Å². The number of likely N-dealkylation sites (tertiary alicyclic amines) is 1. The van der Waals surface area contributed by atoms with Crippen LogP contribution in [0, 0.1) is 5.92 Å². The number of nitrogens with zero attached hydrogens (tertiary/aromatic N) is 1. The molecule has 3 nitrogen and oxygen atoms in total. The highest BCUT2D eigenvalue weighted by Crippen LogP contribution is 2.37. The Morgan fingerprint density at radius 1 is 1.33 bits per heavy atom. The largest absolute Gasteiger partial charge is 0.497 e. The van der Waals surface area contributed by atoms with Crippen LogP contribution in [0.5, 0.6) is 5.75 Å². The van der Waals surface area contributed by atoms with E-state index in [0.29, 0.717) is 12.1 Å². The van der Waals surface area contributed by atoms with Crippen LogP contribution in [-0.2, 0) is 6.42 Å². The molecule has 1 aliphatic heterocycles. The SMILES string of the molecule is CCC1CCN(C2CCc3ccc(OC)cc3C2NC)C1. The van der Waals surface area contributed by atoms with Crippen LogP contribution in [0.1, 0.15) is 43.4 Å². The van der Waals surface area contributed by atoms with Crippen molar-refractivity contribution in [3.05, 3.63) is 29.3 Å². The molecule has 3 atom stereocenters. The van der Waals surface area contributed by atoms with E-state index in [2.05, 4.69) is 42.4 Å². The molecular weight excluding hydrogens is 260 g/mol. The molecule has 116 valence electrons. The van der Waals surface area contributed by atoms with Crippen LogP contribution in [0.4, 0.5) is 0 Å². The van der Waals surface area contributed by atoms with Gasteiger partial charge in [0.15, 0.2) is 0 Å². The van der Waals surface area contributed by atoms with Crippen molar-refractivity contribution in [2.45, 2.75) is 44.7 Å². The molecule has 0 amide bonds. The first-order valence-electron chi connectivity index (χ1n) is 8.35. The van der Waals surface area contributed by atoms with Gasteiger partial charge in [-0.15, -0.1) is 0 Å². The molecular formula is C18H28N2O. The fourth-order valence-corrected chi connectivity index (χ4v) is 4.13. The van der Waals surface area contributed by atoms with Crippen molar-refractivity contribution in [2.24, 2.45) is 5.92 Å². The molecule has 2 aliphatic rings. The van der Waals surface area contributed by atoms with Gasteiger partial charge in [-0.3, -0.25) is 4.90 Å². The number of methoxy groups -OCH3 is 1. The fourth-order valence-electron chi connectivity index (χ4n) is 4.13. The van der Waals surface area contributed by atoms with Gasteiger partial charge in [0, 0.05) is 18.6 Å². The molecule has 3 unspecified atom stereocenters. The third kappa shape index (κ3) is 2.82. The first kappa shape index (κ1) is 14.9. The molecule has 1 aliphatic carbocycles. The number of hydrogen-bond donors (Lipinski definition) is 1. The first-order chi connectivity index (χ1) is 10.3. The van der Waals surface area contributed by atoms with Crippen LogP contribution >= 0.6 is 0 Å². The lowest BCUT2D eigenvalue weighted by Gasteiger charge is -2.39. The summed E-state index contributed by atoms with van der Waals surface area (Å²) in [6, 6.07) is 7.63. The van der Waals surface area contributed by atoms with Crippen molar-refractivity contribution in [1.29, 1.82) is 0 Å². The Morgan fingerprint density at radius 2 is 2.19 bits per heavy atom. The summed E-state index contributed by atoms with van der Waals surface area (Å²) in [5.74, 6) is 1.87. The van der Waals surface area contributed by atoms with E-state index in [1.807, 2.05) is 0 Å². The molecule has 0 radical (unpaired) electrons. The van der Waals surface area contributed by atoms with Gasteiger partial charge in [-0.1, -0.05) is 19.4 Å². The minimum atomic E-state index is 0.430. The van der Waals surface area contributed by atoms with Gasteiger partial charge in [0.05, 0.1) is 7.11 Å². The molecule has 3 heteroatoms. The van der Waals surface area contributed by atoms with Crippen LogP contribution in [0.2, 0.25) is 0 Å². The molecule has 0 bridgehead atoms. The molecule has 1 aromatic carbocycles. The molecule has 21 heavy (non-hydrogen) atoms. The predicted molar refractivity (Wildman–Crippen MR) is 86.9 cm³/mol. The fraction of sp³-hybridized carbons (Fsp3) is 0.667. The second-order valence-corrected chi connectivity index (χ2v) is 6.49. The summed E-state index contributed by atoms with van der Waals surface area (Å²) in [7, 11) is 3.85. The van der Waals surface area contributed by atoms with Crippen LogP contribution in [-0.4, -0.2) is 38.2 Å². The Bertz CT molecular complexity index is 488. The number of likely N-dealkylation sites (N-methyl/N-ethyl adjacent to an activating group) is 1. The minimum absolute atomic E-state index is 0.430. The third-order valence-corrected chi connectivity index (χ3v) is 5.46. The number of benzene rings is 1. The Hall–Kier alpha value is -1.06. The van der Waals surface area contributed by atoms with E-state index < -0.39 is 0 Å². The lowest BCUT2D eigenvalue weighted by atomic mass is 9.83. The predicted octanol–water partition coefficient (Wildman–Crippen LogP) is 3.00. The number of aryl methyl sites for hydroxylation is 1. The summed E-state index contributed by atoms with van der Waals surface area (Å²) in [5, 5.41) is 3.57. The first-order valence-corrected chi connectivity index (χ1v) is 8.35. The summed E-state index contributed by atoms with van der Waals surface area (Å²) < 4.78 is 5.43. The summed E-state index contributed by atoms with van der Waals surface area (Å²) in [5.41, 5.74) is 2.92. The topological polar surface area (TPSA) is 24.5 Å². The second kappa shape index (κ2) is 6.37. The van der Waals surface area contributed by atoms with Crippen molar-refractivity contribution in [2.75, 3.05) is 27.2 Å². The third-order valence-electron chi connectivity index (χ3n) is 5.46. The van der Waals surface area contributed by atoms with Crippen LogP contribution in [0.25, 0.3) is 0 Å². The van der Waals surface area contributed by atoms with Gasteiger partial charge in [-0.25, -0.2) is 0 Å². The zero-order chi connectivity index (χ0) is 14.8. The molecule has 1 N–H and O–H groups in total. The van der Waals surface area contributed by atoms with Gasteiger partial charge in [-0.2, -0.15) is 0 Å². The van der Waals surface area contributed by atoms with Gasteiger partial charge in [-0.05, 0) is 62.0 Å². The monoisotopic (exact) mass is 288 g/mol. The summed E-state index contributed by atoms with van der Waals surface area (Å²) >= 11 is 0. The average molecular weight is 288 g/mol. The molecule has 3 rings (SSSR count). The molecule has 0 saturated carbocycles. The zero-order valence-corrected chi connectivity index (χ0v) is 13.6. The van der Waals surface area contributed by atoms with Gasteiger partial charge in [0.25, 0.3) is 0 Å². The highest BCUT2D eigenvalue weighted by molar-refractivity contribution is 5.40. The molecule has 1 heterocycles. The van der Waals surface area contributed by atoms with Gasteiger partial charge in [0.1, 0.15) is 5.75 Å². The number of rotatable bonds is 4. The Labute approximate surface area is 128 Å². The van der Waals surface area contributed by atoms with Gasteiger partial charge >= 0.3 is 0 Å². The van der Waals surface area contributed by atoms with Crippen molar-refractivity contribution < 1.29 is 4.74 Å². The summed E-state index contributed by atoms with van der Waals surface area (Å²) in [4.78, 5) is 2.72. The molecule has 0 spiro atoms. The summed E-state index contributed by atoms with van der Waals surface area (Å²) in [6.45, 7) is 4.87. The van der Waals surface area contributed by atoms with Crippen LogP contribution in [0.15, 0.2) is 18.2 Å². The number of hydrogen-bond acceptors (Lipinski definition) is 3. The maximum absolute atomic E-state index is 5.43. The lowest BCUT2D eigenvalue weighted by Crippen LogP contribution is -2.45. The quantitative estimate of drug-likeness (QED) is 0.922. The molecule has 0 aromatic heterocycles. The number of ether oxygens (including phenoxy) is 1. The number of nitrogens with one attached hydrogen (secondary N) is 1. The van der Waals surface area contributed by atoms with Crippen LogP contribution < -0.4 is 10.1 Å². The van der Waals surface area contributed by atoms with E-state index in [1.165, 1.54) is 49.9 Å². The standard InChI is InChI=1S/C18H28N2O/c1-4-13-9-10-20(12-13)17-8-6-14-5-7-15(21-3)11-16(14)18(17)19-2/h5,7,11,13,17-19H,4,6,8-10,12H2,1-3H3. The zero-order valence-electron chi connectivity index (χ0n) is 13.6. The van der Waals surface area contributed by atoms with E-state index in [9.17, 15) is 0 Å². The van der Waals surface area contributed by atoms with Crippen LogP contribution in [0.3, 0.4) is 0 Å². The second-order valence-electron chi connectivity index (χ2n) is 6.49. The molecule has 1 aromatic rings. The van der Waals surface area contributed by atoms with Crippen molar-refractivity contribution in [3.63, 3.8) is 0 Å². The highest BCUT2D eigenvalue weighted by Gasteiger charge is 2.36. The maximum Gasteiger partial charge on any atom is 0.119 e. The van der Waals surface area contributed by atoms with E-state index in [-0.39, 0.29) is 0 Å². The van der Waals surface area contributed by atoms with E-state index >= 15 is 0 Å². The van der Waals surface area contributed by atoms with E-state index in [0.717, 1.165) is 11.7 Å². The summed E-state index contributed by atoms with van der Waals surface area (Å²) in [6.07, 6.45) is 5.14. The molecule has 1 fully saturated rings. The van der Waals surface area contributed by atoms with E-state index in [4.69, 9.17) is 4.74 Å². The average Bonchev–Trinajstić information content (AvgIpc) is 3.01. The van der Waals surface area contributed by atoms with Crippen molar-refractivity contribution in [3.8, 4) is 5.75 Å². The smallest absolute Gasteiger partial charge is 0.119 e. The normalized spacial score (nSPS) is 29.4. The maximum atomic E-state index is 5.43. The Morgan fingerprint density at radius 3 is 2.86 bits per heavy atom. The Kier molecular flexibility index (Phi) is 4.51. The highest BCUT2D eigenvalue weighted by atomic mass is 16.5. The lowest BCUT2D eigenvalue weighted by molar-refractivity contribution is 0.170. The molecule has 1 saturated heterocycles. The van der Waals surface area contributed by atoms with Crippen molar-refractivity contribution >= 4 is 0 Å². The van der Waals surface area contributed by atoms with Gasteiger partial charge in [0.2, 0.25) is 0 Å².